The molecule has 2 aromatic rings. The van der Waals surface area contributed by atoms with E-state index >= 15 is 0 Å². The molecule has 142 valence electrons. The van der Waals surface area contributed by atoms with Gasteiger partial charge in [-0.1, -0.05) is 11.6 Å². The number of hydrogen-bond acceptors (Lipinski definition) is 4. The van der Waals surface area contributed by atoms with Gasteiger partial charge in [-0.3, -0.25) is 19.0 Å². The first-order chi connectivity index (χ1) is 12.0. The van der Waals surface area contributed by atoms with Crippen molar-refractivity contribution in [3.63, 3.8) is 0 Å². The zero-order valence-electron chi connectivity index (χ0n) is 14.1. The van der Waals surface area contributed by atoms with Crippen molar-refractivity contribution in [3.8, 4) is 0 Å². The molecule has 2 amide bonds. The second-order valence-corrected chi connectivity index (χ2v) is 5.79. The van der Waals surface area contributed by atoms with Crippen molar-refractivity contribution in [1.82, 2.24) is 24.9 Å². The molecule has 0 unspecified atom stereocenters. The van der Waals surface area contributed by atoms with Gasteiger partial charge in [-0.05, 0) is 6.92 Å². The number of anilines is 1. The second kappa shape index (κ2) is 7.36. The van der Waals surface area contributed by atoms with Crippen molar-refractivity contribution >= 4 is 29.1 Å². The van der Waals surface area contributed by atoms with E-state index in [2.05, 4.69) is 20.8 Å². The summed E-state index contributed by atoms with van der Waals surface area (Å²) in [7, 11) is 3.00. The SMILES string of the molecule is CNC(=O)c1nn(C)cc1NC(=O)CCn1nc(C(F)(F)F)c(Cl)c1C. The fourth-order valence-electron chi connectivity index (χ4n) is 2.21. The Kier molecular flexibility index (Phi) is 5.59. The number of nitrogens with one attached hydrogen (secondary N) is 2. The Labute approximate surface area is 151 Å². The van der Waals surface area contributed by atoms with Gasteiger partial charge in [0.05, 0.1) is 22.9 Å². The van der Waals surface area contributed by atoms with Crippen molar-refractivity contribution < 1.29 is 22.8 Å². The lowest BCUT2D eigenvalue weighted by Crippen LogP contribution is -2.22. The lowest BCUT2D eigenvalue weighted by atomic mass is 10.3. The van der Waals surface area contributed by atoms with E-state index in [0.717, 1.165) is 4.68 Å². The predicted molar refractivity (Wildman–Crippen MR) is 86.8 cm³/mol. The van der Waals surface area contributed by atoms with Crippen LogP contribution in [0.2, 0.25) is 5.02 Å². The molecule has 0 spiro atoms. The number of rotatable bonds is 5. The lowest BCUT2D eigenvalue weighted by Gasteiger charge is -2.06. The number of hydrogen-bond donors (Lipinski definition) is 2. The van der Waals surface area contributed by atoms with Crippen LogP contribution >= 0.6 is 11.6 Å². The Morgan fingerprint density at radius 1 is 1.31 bits per heavy atom. The third-order valence-corrected chi connectivity index (χ3v) is 3.95. The van der Waals surface area contributed by atoms with Crippen molar-refractivity contribution in [1.29, 1.82) is 0 Å². The summed E-state index contributed by atoms with van der Waals surface area (Å²) in [6, 6.07) is 0. The van der Waals surface area contributed by atoms with Crippen LogP contribution in [0.1, 0.15) is 28.3 Å². The van der Waals surface area contributed by atoms with Crippen molar-refractivity contribution in [3.05, 3.63) is 28.3 Å². The molecular formula is C14H16ClF3N6O2. The highest BCUT2D eigenvalue weighted by Crippen LogP contribution is 2.35. The van der Waals surface area contributed by atoms with Gasteiger partial charge in [-0.2, -0.15) is 23.4 Å². The number of halogens is 4. The summed E-state index contributed by atoms with van der Waals surface area (Å²) in [4.78, 5) is 23.8. The fourth-order valence-corrected chi connectivity index (χ4v) is 2.45. The van der Waals surface area contributed by atoms with Gasteiger partial charge in [0, 0.05) is 26.7 Å². The predicted octanol–water partition coefficient (Wildman–Crippen LogP) is 1.99. The van der Waals surface area contributed by atoms with Crippen LogP contribution < -0.4 is 10.6 Å². The van der Waals surface area contributed by atoms with Gasteiger partial charge in [-0.15, -0.1) is 0 Å². The van der Waals surface area contributed by atoms with E-state index in [1.807, 2.05) is 0 Å². The van der Waals surface area contributed by atoms with E-state index in [9.17, 15) is 22.8 Å². The molecule has 0 aliphatic heterocycles. The van der Waals surface area contributed by atoms with E-state index in [-0.39, 0.29) is 30.0 Å². The maximum absolute atomic E-state index is 12.8. The van der Waals surface area contributed by atoms with Gasteiger partial charge in [0.2, 0.25) is 5.91 Å². The van der Waals surface area contributed by atoms with E-state index < -0.39 is 28.7 Å². The number of amides is 2. The average molecular weight is 393 g/mol. The summed E-state index contributed by atoms with van der Waals surface area (Å²) in [6.07, 6.45) is -3.40. The molecule has 26 heavy (non-hydrogen) atoms. The fraction of sp³-hybridized carbons (Fsp3) is 0.429. The van der Waals surface area contributed by atoms with E-state index in [4.69, 9.17) is 11.6 Å². The highest BCUT2D eigenvalue weighted by Gasteiger charge is 2.38. The zero-order chi connectivity index (χ0) is 19.6. The Morgan fingerprint density at radius 3 is 2.50 bits per heavy atom. The van der Waals surface area contributed by atoms with E-state index in [1.165, 1.54) is 24.9 Å². The Balaban J connectivity index is 2.08. The van der Waals surface area contributed by atoms with Gasteiger partial charge in [0.15, 0.2) is 11.4 Å². The van der Waals surface area contributed by atoms with Crippen molar-refractivity contribution in [2.75, 3.05) is 12.4 Å². The largest absolute Gasteiger partial charge is 0.436 e. The molecule has 2 N–H and O–H groups in total. The minimum atomic E-state index is -4.67. The number of carbonyl (C=O) groups excluding carboxylic acids is 2. The lowest BCUT2D eigenvalue weighted by molar-refractivity contribution is -0.141. The molecule has 0 bridgehead atoms. The molecule has 0 aliphatic rings. The van der Waals surface area contributed by atoms with Gasteiger partial charge >= 0.3 is 6.18 Å². The molecule has 0 saturated heterocycles. The molecule has 12 heteroatoms. The van der Waals surface area contributed by atoms with Crippen molar-refractivity contribution in [2.45, 2.75) is 26.1 Å². The Hall–Kier alpha value is -2.56. The third-order valence-electron chi connectivity index (χ3n) is 3.50. The molecule has 2 aromatic heterocycles. The quantitative estimate of drug-likeness (QED) is 0.813. The van der Waals surface area contributed by atoms with Crippen LogP contribution in [0, 0.1) is 6.92 Å². The molecular weight excluding hydrogens is 377 g/mol. The van der Waals surface area contributed by atoms with Crippen LogP contribution in [0.15, 0.2) is 6.20 Å². The minimum Gasteiger partial charge on any atom is -0.354 e. The number of nitrogens with zero attached hydrogens (tertiary/aromatic N) is 4. The Morgan fingerprint density at radius 2 is 1.96 bits per heavy atom. The maximum atomic E-state index is 12.8. The van der Waals surface area contributed by atoms with E-state index in [1.54, 1.807) is 7.05 Å². The smallest absolute Gasteiger partial charge is 0.354 e. The summed E-state index contributed by atoms with van der Waals surface area (Å²) in [5, 5.41) is 11.8. The summed E-state index contributed by atoms with van der Waals surface area (Å²) >= 11 is 5.66. The van der Waals surface area contributed by atoms with Gasteiger partial charge < -0.3 is 10.6 Å². The van der Waals surface area contributed by atoms with Crippen LogP contribution in [0.3, 0.4) is 0 Å². The van der Waals surface area contributed by atoms with Gasteiger partial charge in [0.25, 0.3) is 5.91 Å². The van der Waals surface area contributed by atoms with Crippen LogP contribution in [-0.2, 0) is 24.6 Å². The Bertz CT molecular complexity index is 843. The summed E-state index contributed by atoms with van der Waals surface area (Å²) < 4.78 is 40.8. The third kappa shape index (κ3) is 4.15. The van der Waals surface area contributed by atoms with Gasteiger partial charge in [-0.25, -0.2) is 0 Å². The number of aromatic nitrogens is 4. The number of aryl methyl sites for hydroxylation is 2. The highest BCUT2D eigenvalue weighted by molar-refractivity contribution is 6.31. The van der Waals surface area contributed by atoms with Crippen LogP contribution in [0.25, 0.3) is 0 Å². The summed E-state index contributed by atoms with van der Waals surface area (Å²) in [5.74, 6) is -0.992. The topological polar surface area (TPSA) is 93.8 Å². The van der Waals surface area contributed by atoms with E-state index in [0.29, 0.717) is 0 Å². The summed E-state index contributed by atoms with van der Waals surface area (Å²) in [5.41, 5.74) is -0.852. The van der Waals surface area contributed by atoms with Crippen molar-refractivity contribution in [2.24, 2.45) is 7.05 Å². The molecule has 2 heterocycles. The molecule has 2 rings (SSSR count). The maximum Gasteiger partial charge on any atom is 0.436 e. The summed E-state index contributed by atoms with van der Waals surface area (Å²) in [6.45, 7) is 1.27. The second-order valence-electron chi connectivity index (χ2n) is 5.41. The molecule has 0 atom stereocenters. The zero-order valence-corrected chi connectivity index (χ0v) is 14.9. The van der Waals surface area contributed by atoms with Gasteiger partial charge in [0.1, 0.15) is 0 Å². The molecule has 8 nitrogen and oxygen atoms in total. The molecule has 0 radical (unpaired) electrons. The van der Waals surface area contributed by atoms with Crippen LogP contribution in [-0.4, -0.2) is 38.4 Å². The minimum absolute atomic E-state index is 0.0287. The first-order valence-corrected chi connectivity index (χ1v) is 7.78. The highest BCUT2D eigenvalue weighted by atomic mass is 35.5. The first kappa shape index (κ1) is 19.8. The van der Waals surface area contributed by atoms with Crippen LogP contribution in [0.4, 0.5) is 18.9 Å². The normalized spacial score (nSPS) is 11.5. The monoisotopic (exact) mass is 392 g/mol. The molecule has 0 aromatic carbocycles. The first-order valence-electron chi connectivity index (χ1n) is 7.40. The number of alkyl halides is 3. The standard InChI is InChI=1S/C14H16ClF3N6O2/c1-7-10(15)12(14(16,17)18)22-24(7)5-4-9(25)20-8-6-23(3)21-11(8)13(26)19-2/h6H,4-5H2,1-3H3,(H,19,26)(H,20,25). The van der Waals surface area contributed by atoms with Crippen LogP contribution in [0.5, 0.6) is 0 Å². The molecule has 0 saturated carbocycles. The number of carbonyl (C=O) groups is 2. The molecule has 0 aliphatic carbocycles. The average Bonchev–Trinajstić information content (AvgIpc) is 3.05. The molecule has 0 fully saturated rings.